The van der Waals surface area contributed by atoms with Crippen molar-refractivity contribution >= 4 is 40.9 Å². The van der Waals surface area contributed by atoms with E-state index in [0.29, 0.717) is 22.3 Å². The van der Waals surface area contributed by atoms with Crippen molar-refractivity contribution < 1.29 is 33.6 Å². The number of carbonyl (C=O) groups excluding carboxylic acids is 7. The third-order valence-corrected chi connectivity index (χ3v) is 14.6. The van der Waals surface area contributed by atoms with Crippen LogP contribution in [0.4, 0.5) is 0 Å². The van der Waals surface area contributed by atoms with Crippen molar-refractivity contribution in [1.29, 1.82) is 0 Å². The summed E-state index contributed by atoms with van der Waals surface area (Å²) in [5.74, 6) is -4.05. The second-order valence-corrected chi connectivity index (χ2v) is 19.7. The van der Waals surface area contributed by atoms with E-state index in [1.807, 2.05) is 160 Å². The first kappa shape index (κ1) is 53.2. The number of aryl methyl sites for hydroxylation is 2. The molecule has 2 aliphatic rings. The zero-order chi connectivity index (χ0) is 52.3. The second kappa shape index (κ2) is 24.2. The molecule has 0 aliphatic carbocycles. The Morgan fingerprint density at radius 3 is 1.03 bits per heavy atom. The number of Topliss-reactive ketones (excluding diaryl/α,β-unsaturated/α-hetero) is 4. The fraction of sp³-hybridized carbons (Fsp3) is 0.306. The van der Waals surface area contributed by atoms with Crippen LogP contribution in [0.15, 0.2) is 158 Å². The lowest BCUT2D eigenvalue weighted by Crippen LogP contribution is -2.54. The fourth-order valence-corrected chi connectivity index (χ4v) is 10.6. The Labute approximate surface area is 429 Å². The van der Waals surface area contributed by atoms with Gasteiger partial charge in [0, 0.05) is 90.9 Å². The van der Waals surface area contributed by atoms with Crippen LogP contribution in [0.3, 0.4) is 0 Å². The molecule has 376 valence electrons. The van der Waals surface area contributed by atoms with Gasteiger partial charge in [0.1, 0.15) is 0 Å². The number of rotatable bonds is 14. The van der Waals surface area contributed by atoms with Crippen molar-refractivity contribution in [3.05, 3.63) is 213 Å². The molecule has 11 nitrogen and oxygen atoms in total. The summed E-state index contributed by atoms with van der Waals surface area (Å²) in [5.41, 5.74) is 8.60. The average Bonchev–Trinajstić information content (AvgIpc) is 3.41. The van der Waals surface area contributed by atoms with Crippen LogP contribution >= 0.6 is 0 Å². The maximum Gasteiger partial charge on any atom is 0.242 e. The average molecular weight is 979 g/mol. The maximum atomic E-state index is 14.0. The van der Waals surface area contributed by atoms with Crippen LogP contribution in [0.1, 0.15) is 93.6 Å². The quantitative estimate of drug-likeness (QED) is 0.107. The number of nitrogens with one attached hydrogen (secondary N) is 1. The molecule has 1 N–H and O–H groups in total. The Bertz CT molecular complexity index is 2820. The molecule has 4 unspecified atom stereocenters. The van der Waals surface area contributed by atoms with Gasteiger partial charge in [-0.05, 0) is 75.2 Å². The van der Waals surface area contributed by atoms with Crippen molar-refractivity contribution in [1.82, 2.24) is 20.0 Å². The molecular weight excluding hydrogens is 913 g/mol. The summed E-state index contributed by atoms with van der Waals surface area (Å²) in [6, 6.07) is 48.6. The Kier molecular flexibility index (Phi) is 17.6. The van der Waals surface area contributed by atoms with Crippen molar-refractivity contribution in [3.8, 4) is 0 Å². The van der Waals surface area contributed by atoms with Gasteiger partial charge < -0.3 is 20.0 Å². The first-order valence-electron chi connectivity index (χ1n) is 25.0. The zero-order valence-corrected chi connectivity index (χ0v) is 42.9. The third-order valence-electron chi connectivity index (χ3n) is 14.6. The predicted octanol–water partition coefficient (Wildman–Crippen LogP) is 9.15. The molecule has 0 aromatic heterocycles. The van der Waals surface area contributed by atoms with Crippen LogP contribution in [0, 0.1) is 51.4 Å². The lowest BCUT2D eigenvalue weighted by atomic mass is 9.67. The molecule has 2 aliphatic heterocycles. The highest BCUT2D eigenvalue weighted by Gasteiger charge is 2.48. The molecule has 73 heavy (non-hydrogen) atoms. The molecule has 6 aromatic carbocycles. The number of hydrogen-bond acceptors (Lipinski definition) is 8. The van der Waals surface area contributed by atoms with Gasteiger partial charge in [0.05, 0.1) is 13.1 Å². The molecule has 8 rings (SSSR count). The van der Waals surface area contributed by atoms with Gasteiger partial charge in [-0.15, -0.1) is 0 Å². The van der Waals surface area contributed by atoms with Crippen LogP contribution in [0.5, 0.6) is 0 Å². The molecule has 2 heterocycles. The molecular formula is C62H66N4O7. The zero-order valence-electron chi connectivity index (χ0n) is 42.9. The molecule has 3 amide bonds. The molecule has 0 bridgehead atoms. The number of carbonyl (C=O) groups is 7. The highest BCUT2D eigenvalue weighted by Crippen LogP contribution is 2.44. The lowest BCUT2D eigenvalue weighted by molar-refractivity contribution is -0.135. The van der Waals surface area contributed by atoms with E-state index >= 15 is 0 Å². The van der Waals surface area contributed by atoms with Gasteiger partial charge in [0.25, 0.3) is 0 Å². The standard InChI is InChI=1S/C31H32N2O4.C31H34N2O3/c1-20-11-10-16-25(21(20)2)29-26(30(36)23-12-6-4-7-13-23)18-33(28(35)17-32-22(3)34)19-27(29)31(37)24-14-8-5-9-15-24;1-21-12-11-17-25(22(21)2)29-26(30(35)23-13-7-5-8-14-23)18-33(28(34)20-32(3)4)19-27(29)31(36)24-15-9-6-10-16-24/h4-16,26-27,29H,17-19H2,1-3H3,(H,32,34);5-17,26-27,29H,18-20H2,1-4H3. The van der Waals surface area contributed by atoms with E-state index in [1.54, 1.807) is 34.1 Å². The highest BCUT2D eigenvalue weighted by molar-refractivity contribution is 6.04. The molecule has 11 heteroatoms. The van der Waals surface area contributed by atoms with Crippen molar-refractivity contribution in [2.45, 2.75) is 46.5 Å². The Morgan fingerprint density at radius 1 is 0.438 bits per heavy atom. The Hall–Kier alpha value is -7.63. The Morgan fingerprint density at radius 2 is 0.740 bits per heavy atom. The summed E-state index contributed by atoms with van der Waals surface area (Å²) in [5, 5.41) is 2.55. The van der Waals surface area contributed by atoms with Crippen LogP contribution in [0.25, 0.3) is 0 Å². The van der Waals surface area contributed by atoms with Gasteiger partial charge >= 0.3 is 0 Å². The van der Waals surface area contributed by atoms with E-state index < -0.39 is 29.6 Å². The summed E-state index contributed by atoms with van der Waals surface area (Å²) in [7, 11) is 3.69. The number of nitrogens with zero attached hydrogens (tertiary/aromatic N) is 3. The monoisotopic (exact) mass is 978 g/mol. The third kappa shape index (κ3) is 12.5. The lowest BCUT2D eigenvalue weighted by Gasteiger charge is -2.44. The first-order chi connectivity index (χ1) is 35.0. The van der Waals surface area contributed by atoms with Crippen LogP contribution in [0.2, 0.25) is 0 Å². The number of likely N-dealkylation sites (tertiary alicyclic amines) is 2. The smallest absolute Gasteiger partial charge is 0.242 e. The number of likely N-dealkylation sites (N-methyl/N-ethyl adjacent to an activating group) is 1. The van der Waals surface area contributed by atoms with E-state index in [4.69, 9.17) is 0 Å². The van der Waals surface area contributed by atoms with Crippen LogP contribution in [-0.4, -0.2) is 109 Å². The van der Waals surface area contributed by atoms with Crippen molar-refractivity contribution in [3.63, 3.8) is 0 Å². The highest BCUT2D eigenvalue weighted by atomic mass is 16.2. The van der Waals surface area contributed by atoms with Gasteiger partial charge in [0.2, 0.25) is 17.7 Å². The molecule has 0 radical (unpaired) electrons. The van der Waals surface area contributed by atoms with Gasteiger partial charge in [0.15, 0.2) is 23.1 Å². The minimum Gasteiger partial charge on any atom is -0.347 e. The van der Waals surface area contributed by atoms with Gasteiger partial charge in [-0.25, -0.2) is 0 Å². The normalized spacial score (nSPS) is 19.5. The molecule has 6 aromatic rings. The first-order valence-corrected chi connectivity index (χ1v) is 25.0. The van der Waals surface area contributed by atoms with E-state index in [2.05, 4.69) is 25.2 Å². The minimum absolute atomic E-state index is 0.0327. The molecule has 4 atom stereocenters. The molecule has 2 saturated heterocycles. The summed E-state index contributed by atoms with van der Waals surface area (Å²) >= 11 is 0. The number of ketones is 4. The fourth-order valence-electron chi connectivity index (χ4n) is 10.6. The largest absolute Gasteiger partial charge is 0.347 e. The van der Waals surface area contributed by atoms with Gasteiger partial charge in [-0.2, -0.15) is 0 Å². The number of benzene rings is 6. The van der Waals surface area contributed by atoms with E-state index in [0.717, 1.165) is 33.4 Å². The van der Waals surface area contributed by atoms with Gasteiger partial charge in [-0.1, -0.05) is 158 Å². The summed E-state index contributed by atoms with van der Waals surface area (Å²) in [4.78, 5) is 99.0. The second-order valence-electron chi connectivity index (χ2n) is 19.7. The Balaban J connectivity index is 0.000000214. The molecule has 2 fully saturated rings. The number of amides is 3. The maximum absolute atomic E-state index is 14.0. The summed E-state index contributed by atoms with van der Waals surface area (Å²) in [6.07, 6.45) is 0. The minimum atomic E-state index is -0.629. The van der Waals surface area contributed by atoms with Crippen LogP contribution in [-0.2, 0) is 14.4 Å². The topological polar surface area (TPSA) is 141 Å². The predicted molar refractivity (Wildman–Crippen MR) is 285 cm³/mol. The van der Waals surface area contributed by atoms with E-state index in [-0.39, 0.29) is 86.0 Å². The SMILES string of the molecule is CC(=O)NCC(=O)N1CC(C(=O)c2ccccc2)C(c2cccc(C)c2C)C(C(=O)c2ccccc2)C1.Cc1cccc(C2C(C(=O)c3ccccc3)CN(C(=O)CN(C)C)CC2C(=O)c2ccccc2)c1C. The summed E-state index contributed by atoms with van der Waals surface area (Å²) < 4.78 is 0. The van der Waals surface area contributed by atoms with Crippen LogP contribution < -0.4 is 5.32 Å². The number of piperidine rings is 2. The molecule has 0 saturated carbocycles. The van der Waals surface area contributed by atoms with E-state index in [1.165, 1.54) is 6.92 Å². The number of hydrogen-bond donors (Lipinski definition) is 1. The molecule has 0 spiro atoms. The summed E-state index contributed by atoms with van der Waals surface area (Å²) in [6.45, 7) is 10.5. The van der Waals surface area contributed by atoms with E-state index in [9.17, 15) is 33.6 Å². The van der Waals surface area contributed by atoms with Gasteiger partial charge in [-0.3, -0.25) is 33.6 Å². The van der Waals surface area contributed by atoms with Crippen molar-refractivity contribution in [2.24, 2.45) is 23.7 Å². The van der Waals surface area contributed by atoms with Crippen molar-refractivity contribution in [2.75, 3.05) is 53.4 Å².